The summed E-state index contributed by atoms with van der Waals surface area (Å²) in [6.07, 6.45) is -4.50. The van der Waals surface area contributed by atoms with Crippen LogP contribution in [-0.4, -0.2) is 36.9 Å². The lowest BCUT2D eigenvalue weighted by Gasteiger charge is -2.18. The van der Waals surface area contributed by atoms with Gasteiger partial charge < -0.3 is 18.9 Å². The number of hydrogen-bond donors (Lipinski definition) is 0. The normalized spacial score (nSPS) is 13.7. The molecule has 0 N–H and O–H groups in total. The van der Waals surface area contributed by atoms with Crippen LogP contribution in [0.15, 0.2) is 47.3 Å². The number of nitrogens with zero attached hydrogens (tertiary/aromatic N) is 2. The van der Waals surface area contributed by atoms with E-state index in [4.69, 9.17) is 9.47 Å². The Bertz CT molecular complexity index is 1410. The van der Waals surface area contributed by atoms with Crippen LogP contribution in [0.25, 0.3) is 32.4 Å². The molecule has 160 valence electrons. The van der Waals surface area contributed by atoms with E-state index in [0.29, 0.717) is 35.5 Å². The molecular formula is C23H19F3N2O3. The van der Waals surface area contributed by atoms with Crippen molar-refractivity contribution in [3.63, 3.8) is 0 Å². The van der Waals surface area contributed by atoms with Crippen molar-refractivity contribution in [3.05, 3.63) is 58.4 Å². The molecule has 3 aromatic carbocycles. The molecular weight excluding hydrogens is 409 g/mol. The minimum atomic E-state index is -4.50. The Morgan fingerprint density at radius 1 is 0.935 bits per heavy atom. The van der Waals surface area contributed by atoms with E-state index in [1.54, 1.807) is 16.7 Å². The van der Waals surface area contributed by atoms with Crippen LogP contribution in [0.1, 0.15) is 5.56 Å². The first-order valence-electron chi connectivity index (χ1n) is 9.78. The van der Waals surface area contributed by atoms with E-state index >= 15 is 0 Å². The molecule has 0 amide bonds. The average Bonchev–Trinajstić information content (AvgIpc) is 3.18. The van der Waals surface area contributed by atoms with Crippen LogP contribution in [0.4, 0.5) is 13.2 Å². The minimum absolute atomic E-state index is 0.106. The quantitative estimate of drug-likeness (QED) is 0.447. The number of fused-ring (bicyclic) bond motifs is 6. The highest BCUT2D eigenvalue weighted by Gasteiger charge is 2.31. The molecule has 8 heteroatoms. The van der Waals surface area contributed by atoms with Gasteiger partial charge in [-0.15, -0.1) is 0 Å². The largest absolute Gasteiger partial charge is 0.454 e. The highest BCUT2D eigenvalue weighted by Crippen LogP contribution is 2.40. The van der Waals surface area contributed by atoms with E-state index < -0.39 is 11.7 Å². The van der Waals surface area contributed by atoms with Gasteiger partial charge in [-0.1, -0.05) is 12.1 Å². The number of alkyl halides is 3. The monoisotopic (exact) mass is 428 g/mol. The van der Waals surface area contributed by atoms with Gasteiger partial charge in [0.25, 0.3) is 5.56 Å². The van der Waals surface area contributed by atoms with Crippen molar-refractivity contribution in [1.82, 2.24) is 9.47 Å². The van der Waals surface area contributed by atoms with E-state index in [2.05, 4.69) is 0 Å². The standard InChI is InChI=1S/C23H19F3N2O3/c1-27(2)7-8-28-21-15(5-3-13-9-19-20(11-17(13)21)31-12-30-19)18-10-14(23(24,25)26)4-6-16(18)22(28)29/h3-6,9-11H,7-8,12H2,1-2H3. The number of pyridine rings is 1. The molecule has 5 nitrogen and oxygen atoms in total. The second-order valence-corrected chi connectivity index (χ2v) is 7.91. The van der Waals surface area contributed by atoms with Crippen LogP contribution in [0, 0.1) is 0 Å². The number of aromatic nitrogens is 1. The average molecular weight is 428 g/mol. The number of likely N-dealkylation sites (N-methyl/N-ethyl adjacent to an activating group) is 1. The Labute approximate surface area is 175 Å². The molecule has 0 aliphatic carbocycles. The van der Waals surface area contributed by atoms with Crippen molar-refractivity contribution in [3.8, 4) is 11.5 Å². The summed E-state index contributed by atoms with van der Waals surface area (Å²) in [5.41, 5.74) is -0.504. The van der Waals surface area contributed by atoms with E-state index in [1.807, 2.05) is 31.1 Å². The summed E-state index contributed by atoms with van der Waals surface area (Å²) in [6, 6.07) is 10.5. The minimum Gasteiger partial charge on any atom is -0.454 e. The Morgan fingerprint density at radius 2 is 1.65 bits per heavy atom. The van der Waals surface area contributed by atoms with Crippen molar-refractivity contribution in [2.75, 3.05) is 27.4 Å². The first-order chi connectivity index (χ1) is 14.7. The molecule has 1 aliphatic rings. The fourth-order valence-corrected chi connectivity index (χ4v) is 4.10. The molecule has 31 heavy (non-hydrogen) atoms. The van der Waals surface area contributed by atoms with Crippen LogP contribution < -0.4 is 15.0 Å². The van der Waals surface area contributed by atoms with E-state index in [9.17, 15) is 18.0 Å². The number of halogens is 3. The third kappa shape index (κ3) is 3.18. The lowest BCUT2D eigenvalue weighted by atomic mass is 9.99. The van der Waals surface area contributed by atoms with Crippen LogP contribution in [-0.2, 0) is 12.7 Å². The maximum Gasteiger partial charge on any atom is 0.416 e. The van der Waals surface area contributed by atoms with Crippen molar-refractivity contribution in [2.45, 2.75) is 12.7 Å². The summed E-state index contributed by atoms with van der Waals surface area (Å²) in [5, 5.41) is 2.69. The Balaban J connectivity index is 1.93. The summed E-state index contributed by atoms with van der Waals surface area (Å²) in [4.78, 5) is 15.4. The van der Waals surface area contributed by atoms with Crippen molar-refractivity contribution >= 4 is 32.4 Å². The molecule has 4 aromatic rings. The third-order valence-electron chi connectivity index (χ3n) is 5.64. The number of ether oxygens (including phenoxy) is 2. The molecule has 0 saturated carbocycles. The molecule has 0 spiro atoms. The Morgan fingerprint density at radius 3 is 2.35 bits per heavy atom. The summed E-state index contributed by atoms with van der Waals surface area (Å²) >= 11 is 0. The van der Waals surface area contributed by atoms with Crippen molar-refractivity contribution < 1.29 is 22.6 Å². The summed E-state index contributed by atoms with van der Waals surface area (Å²) in [6.45, 7) is 1.10. The third-order valence-corrected chi connectivity index (χ3v) is 5.64. The number of rotatable bonds is 3. The molecule has 1 aromatic heterocycles. The zero-order valence-electron chi connectivity index (χ0n) is 16.9. The second kappa shape index (κ2) is 6.88. The zero-order valence-corrected chi connectivity index (χ0v) is 16.9. The highest BCUT2D eigenvalue weighted by atomic mass is 19.4. The van der Waals surface area contributed by atoms with Gasteiger partial charge in [0.2, 0.25) is 6.79 Å². The van der Waals surface area contributed by atoms with Crippen molar-refractivity contribution in [1.29, 1.82) is 0 Å². The van der Waals surface area contributed by atoms with E-state index in [0.717, 1.165) is 22.9 Å². The van der Waals surface area contributed by atoms with Gasteiger partial charge in [0.05, 0.1) is 11.1 Å². The summed E-state index contributed by atoms with van der Waals surface area (Å²) in [7, 11) is 3.81. The molecule has 0 radical (unpaired) electrons. The fraction of sp³-hybridized carbons (Fsp3) is 0.261. The number of hydrogen-bond acceptors (Lipinski definition) is 4. The summed E-state index contributed by atoms with van der Waals surface area (Å²) < 4.78 is 52.8. The van der Waals surface area contributed by atoms with E-state index in [-0.39, 0.29) is 23.1 Å². The van der Waals surface area contributed by atoms with Gasteiger partial charge in [0.1, 0.15) is 0 Å². The first-order valence-corrected chi connectivity index (χ1v) is 9.78. The Kier molecular flexibility index (Phi) is 4.37. The Hall–Kier alpha value is -3.26. The molecule has 0 bridgehead atoms. The second-order valence-electron chi connectivity index (χ2n) is 7.91. The van der Waals surface area contributed by atoms with E-state index in [1.165, 1.54) is 6.07 Å². The molecule has 2 heterocycles. The van der Waals surface area contributed by atoms with Crippen LogP contribution in [0.3, 0.4) is 0 Å². The van der Waals surface area contributed by atoms with Gasteiger partial charge in [-0.2, -0.15) is 13.2 Å². The van der Waals surface area contributed by atoms with Crippen LogP contribution in [0.5, 0.6) is 11.5 Å². The summed E-state index contributed by atoms with van der Waals surface area (Å²) in [5.74, 6) is 1.16. The fourth-order valence-electron chi connectivity index (χ4n) is 4.10. The maximum absolute atomic E-state index is 13.4. The van der Waals surface area contributed by atoms with Gasteiger partial charge in [-0.05, 0) is 55.2 Å². The lowest BCUT2D eigenvalue weighted by Crippen LogP contribution is -2.27. The van der Waals surface area contributed by atoms with Crippen LogP contribution >= 0.6 is 0 Å². The molecule has 0 unspecified atom stereocenters. The molecule has 0 saturated heterocycles. The molecule has 0 fully saturated rings. The lowest BCUT2D eigenvalue weighted by molar-refractivity contribution is -0.137. The molecule has 5 rings (SSSR count). The SMILES string of the molecule is CN(C)CCn1c(=O)c2ccc(C(F)(F)F)cc2c2ccc3cc4c(cc3c21)OCO4. The predicted octanol–water partition coefficient (Wildman–Crippen LogP) is 4.62. The highest BCUT2D eigenvalue weighted by molar-refractivity contribution is 6.16. The van der Waals surface area contributed by atoms with Crippen molar-refractivity contribution in [2.24, 2.45) is 0 Å². The first kappa shape index (κ1) is 19.7. The van der Waals surface area contributed by atoms with Gasteiger partial charge in [0.15, 0.2) is 11.5 Å². The smallest absolute Gasteiger partial charge is 0.416 e. The molecule has 1 aliphatic heterocycles. The van der Waals surface area contributed by atoms with Gasteiger partial charge in [0, 0.05) is 29.2 Å². The zero-order chi connectivity index (χ0) is 21.9. The van der Waals surface area contributed by atoms with Crippen LogP contribution in [0.2, 0.25) is 0 Å². The molecule has 0 atom stereocenters. The number of benzene rings is 3. The predicted molar refractivity (Wildman–Crippen MR) is 113 cm³/mol. The topological polar surface area (TPSA) is 43.7 Å². The maximum atomic E-state index is 13.4. The van der Waals surface area contributed by atoms with Gasteiger partial charge >= 0.3 is 6.18 Å². The van der Waals surface area contributed by atoms with Gasteiger partial charge in [-0.3, -0.25) is 4.79 Å². The van der Waals surface area contributed by atoms with Gasteiger partial charge in [-0.25, -0.2) is 0 Å².